The third kappa shape index (κ3) is 4.65. The third-order valence-corrected chi connectivity index (χ3v) is 3.24. The number of aromatic nitrogens is 2. The van der Waals surface area contributed by atoms with Crippen LogP contribution in [0.2, 0.25) is 0 Å². The number of hydrogen-bond donors (Lipinski definition) is 3. The minimum absolute atomic E-state index is 0.0522. The Balaban J connectivity index is 2.32. The summed E-state index contributed by atoms with van der Waals surface area (Å²) in [7, 11) is 0. The first-order valence-electron chi connectivity index (χ1n) is 7.02. The second kappa shape index (κ2) is 6.95. The average Bonchev–Trinajstić information content (AvgIpc) is 2.46. The summed E-state index contributed by atoms with van der Waals surface area (Å²) in [5.41, 5.74) is -1.88. The van der Waals surface area contributed by atoms with Crippen LogP contribution in [-0.4, -0.2) is 40.0 Å². The number of nitrogens with zero attached hydrogens (tertiary/aromatic N) is 2. The molecule has 1 aliphatic heterocycles. The van der Waals surface area contributed by atoms with Crippen LogP contribution in [0.1, 0.15) is 31.0 Å². The molecule has 23 heavy (non-hydrogen) atoms. The van der Waals surface area contributed by atoms with Crippen molar-refractivity contribution in [2.75, 3.05) is 18.5 Å². The molecule has 1 saturated heterocycles. The highest BCUT2D eigenvalue weighted by Crippen LogP contribution is 2.33. The molecule has 6 nitrogen and oxygen atoms in total. The largest absolute Gasteiger partial charge is 0.507 e. The molecule has 0 aromatic carbocycles. The molecule has 0 aliphatic carbocycles. The maximum Gasteiger partial charge on any atom is 0.434 e. The molecule has 0 bridgehead atoms. The Morgan fingerprint density at radius 1 is 1.43 bits per heavy atom. The predicted octanol–water partition coefficient (Wildman–Crippen LogP) is 3.02. The van der Waals surface area contributed by atoms with Crippen LogP contribution < -0.4 is 5.32 Å². The van der Waals surface area contributed by atoms with E-state index in [0.29, 0.717) is 26.1 Å². The second-order valence-electron chi connectivity index (χ2n) is 5.20. The number of halogens is 3. The first kappa shape index (κ1) is 17.2. The normalized spacial score (nSPS) is 17.1. The standard InChI is InChI=1S/C14H17F3N4O2/c1-8(18)6-11(22)10-7-19-13(21-12(10)14(15,16)17)20-9-2-4-23-5-3-9/h6-7,9,18,22H,2-5H2,1H3,(H,19,20,21)/b11-6-,18-8?. The summed E-state index contributed by atoms with van der Waals surface area (Å²) in [4.78, 5) is 7.35. The van der Waals surface area contributed by atoms with Crippen LogP contribution in [0.5, 0.6) is 0 Å². The lowest BCUT2D eigenvalue weighted by Gasteiger charge is -2.23. The molecule has 0 amide bonds. The molecule has 0 spiro atoms. The van der Waals surface area contributed by atoms with Gasteiger partial charge in [0.15, 0.2) is 5.69 Å². The van der Waals surface area contributed by atoms with Gasteiger partial charge in [-0.05, 0) is 19.8 Å². The highest BCUT2D eigenvalue weighted by atomic mass is 19.4. The van der Waals surface area contributed by atoms with Crippen LogP contribution in [0.15, 0.2) is 12.3 Å². The van der Waals surface area contributed by atoms with Gasteiger partial charge in [-0.3, -0.25) is 0 Å². The van der Waals surface area contributed by atoms with E-state index in [1.54, 1.807) is 0 Å². The number of anilines is 1. The van der Waals surface area contributed by atoms with Crippen molar-refractivity contribution in [1.82, 2.24) is 9.97 Å². The highest BCUT2D eigenvalue weighted by Gasteiger charge is 2.37. The van der Waals surface area contributed by atoms with E-state index >= 15 is 0 Å². The lowest BCUT2D eigenvalue weighted by atomic mass is 10.1. The topological polar surface area (TPSA) is 91.1 Å². The average molecular weight is 330 g/mol. The molecule has 1 fully saturated rings. The SMILES string of the molecule is CC(=N)/C=C(\O)c1cnc(NC2CCOCC2)nc1C(F)(F)F. The van der Waals surface area contributed by atoms with Gasteiger partial charge in [-0.25, -0.2) is 9.97 Å². The van der Waals surface area contributed by atoms with E-state index in [-0.39, 0.29) is 17.7 Å². The van der Waals surface area contributed by atoms with Gasteiger partial charge in [0.25, 0.3) is 0 Å². The van der Waals surface area contributed by atoms with Gasteiger partial charge in [0.05, 0.1) is 5.56 Å². The molecule has 126 valence electrons. The van der Waals surface area contributed by atoms with E-state index < -0.39 is 23.2 Å². The Labute approximate surface area is 130 Å². The van der Waals surface area contributed by atoms with Gasteiger partial charge in [0.1, 0.15) is 5.76 Å². The number of aliphatic hydroxyl groups is 1. The maximum absolute atomic E-state index is 13.2. The minimum atomic E-state index is -4.75. The van der Waals surface area contributed by atoms with Crippen molar-refractivity contribution in [3.8, 4) is 0 Å². The molecule has 9 heteroatoms. The summed E-state index contributed by atoms with van der Waals surface area (Å²) < 4.78 is 44.7. The van der Waals surface area contributed by atoms with Crippen LogP contribution in [0.25, 0.3) is 5.76 Å². The monoisotopic (exact) mass is 330 g/mol. The predicted molar refractivity (Wildman–Crippen MR) is 78.5 cm³/mol. The summed E-state index contributed by atoms with van der Waals surface area (Å²) >= 11 is 0. The van der Waals surface area contributed by atoms with Crippen molar-refractivity contribution in [3.63, 3.8) is 0 Å². The number of hydrogen-bond acceptors (Lipinski definition) is 6. The Hall–Kier alpha value is -2.16. The zero-order chi connectivity index (χ0) is 17.0. The molecule has 3 N–H and O–H groups in total. The third-order valence-electron chi connectivity index (χ3n) is 3.24. The minimum Gasteiger partial charge on any atom is -0.507 e. The molecule has 0 radical (unpaired) electrons. The van der Waals surface area contributed by atoms with Gasteiger partial charge in [0, 0.05) is 37.2 Å². The summed E-state index contributed by atoms with van der Waals surface area (Å²) in [6.45, 7) is 2.40. The fraction of sp³-hybridized carbons (Fsp3) is 0.500. The summed E-state index contributed by atoms with van der Waals surface area (Å²) in [6, 6.07) is -0.0522. The molecular formula is C14H17F3N4O2. The van der Waals surface area contributed by atoms with E-state index in [9.17, 15) is 18.3 Å². The van der Waals surface area contributed by atoms with Gasteiger partial charge >= 0.3 is 6.18 Å². The fourth-order valence-electron chi connectivity index (χ4n) is 2.16. The number of aliphatic hydroxyl groups excluding tert-OH is 1. The van der Waals surface area contributed by atoms with Crippen molar-refractivity contribution >= 4 is 17.4 Å². The van der Waals surface area contributed by atoms with Crippen LogP contribution in [0, 0.1) is 5.41 Å². The molecule has 0 unspecified atom stereocenters. The molecule has 0 atom stereocenters. The molecule has 2 rings (SSSR count). The molecule has 1 aromatic rings. The van der Waals surface area contributed by atoms with Crippen LogP contribution in [-0.2, 0) is 10.9 Å². The zero-order valence-electron chi connectivity index (χ0n) is 12.4. The van der Waals surface area contributed by atoms with Crippen LogP contribution >= 0.6 is 0 Å². The van der Waals surface area contributed by atoms with Gasteiger partial charge in [0.2, 0.25) is 5.95 Å². The van der Waals surface area contributed by atoms with Crippen molar-refractivity contribution in [2.24, 2.45) is 0 Å². The fourth-order valence-corrected chi connectivity index (χ4v) is 2.16. The second-order valence-corrected chi connectivity index (χ2v) is 5.20. The molecule has 2 heterocycles. The number of allylic oxidation sites excluding steroid dienone is 1. The summed E-state index contributed by atoms with van der Waals surface area (Å²) in [5.74, 6) is -0.838. The Bertz CT molecular complexity index is 611. The Kier molecular flexibility index (Phi) is 5.19. The Morgan fingerprint density at radius 3 is 2.65 bits per heavy atom. The first-order valence-corrected chi connectivity index (χ1v) is 7.02. The van der Waals surface area contributed by atoms with E-state index in [2.05, 4.69) is 15.3 Å². The smallest absolute Gasteiger partial charge is 0.434 e. The van der Waals surface area contributed by atoms with Crippen LogP contribution in [0.3, 0.4) is 0 Å². The number of nitrogens with one attached hydrogen (secondary N) is 2. The highest BCUT2D eigenvalue weighted by molar-refractivity contribution is 5.95. The first-order chi connectivity index (χ1) is 10.8. The van der Waals surface area contributed by atoms with Crippen molar-refractivity contribution < 1.29 is 23.0 Å². The van der Waals surface area contributed by atoms with Crippen molar-refractivity contribution in [3.05, 3.63) is 23.5 Å². The summed E-state index contributed by atoms with van der Waals surface area (Å²) in [6.07, 6.45) is -1.61. The zero-order valence-corrected chi connectivity index (χ0v) is 12.4. The lowest BCUT2D eigenvalue weighted by molar-refractivity contribution is -0.141. The molecule has 1 aliphatic rings. The van der Waals surface area contributed by atoms with Crippen molar-refractivity contribution in [1.29, 1.82) is 5.41 Å². The van der Waals surface area contributed by atoms with Gasteiger partial charge < -0.3 is 20.6 Å². The number of alkyl halides is 3. The number of rotatable bonds is 4. The Morgan fingerprint density at radius 2 is 2.09 bits per heavy atom. The van der Waals surface area contributed by atoms with E-state index in [0.717, 1.165) is 12.3 Å². The van der Waals surface area contributed by atoms with E-state index in [4.69, 9.17) is 10.1 Å². The molecule has 1 aromatic heterocycles. The molecule has 0 saturated carbocycles. The summed E-state index contributed by atoms with van der Waals surface area (Å²) in [5, 5.41) is 19.8. The van der Waals surface area contributed by atoms with E-state index in [1.165, 1.54) is 6.92 Å². The quantitative estimate of drug-likeness (QED) is 0.583. The maximum atomic E-state index is 13.2. The number of ether oxygens (including phenoxy) is 1. The molecular weight excluding hydrogens is 313 g/mol. The lowest BCUT2D eigenvalue weighted by Crippen LogP contribution is -2.29. The van der Waals surface area contributed by atoms with Crippen LogP contribution in [0.4, 0.5) is 19.1 Å². The van der Waals surface area contributed by atoms with Gasteiger partial charge in [-0.15, -0.1) is 0 Å². The van der Waals surface area contributed by atoms with Gasteiger partial charge in [-0.2, -0.15) is 13.2 Å². The van der Waals surface area contributed by atoms with Gasteiger partial charge in [-0.1, -0.05) is 0 Å². The van der Waals surface area contributed by atoms with Crippen molar-refractivity contribution in [2.45, 2.75) is 32.0 Å². The van der Waals surface area contributed by atoms with E-state index in [1.807, 2.05) is 0 Å².